The molecule has 2 heterocycles. The van der Waals surface area contributed by atoms with Gasteiger partial charge >= 0.3 is 0 Å². The molecular weight excluding hydrogens is 464 g/mol. The molecule has 0 bridgehead atoms. The van der Waals surface area contributed by atoms with Crippen molar-refractivity contribution in [1.82, 2.24) is 9.97 Å². The van der Waals surface area contributed by atoms with Crippen LogP contribution in [-0.4, -0.2) is 57.5 Å². The molecule has 10 heteroatoms. The SMILES string of the molecule is CS(=O)(=O)N(CC#N)c1ccc(-c2ccnc(Cc3ccc(N4CCOCC4)c(C#N)c3)n2)cc1. The van der Waals surface area contributed by atoms with Crippen molar-refractivity contribution in [1.29, 1.82) is 10.5 Å². The third-order valence-electron chi connectivity index (χ3n) is 5.67. The molecule has 0 aliphatic carbocycles. The lowest BCUT2D eigenvalue weighted by atomic mass is 10.0. The van der Waals surface area contributed by atoms with E-state index in [0.717, 1.165) is 40.5 Å². The number of ether oxygens (including phenoxy) is 1. The Kier molecular flexibility index (Phi) is 7.25. The second-order valence-corrected chi connectivity index (χ2v) is 9.98. The normalized spacial score (nSPS) is 13.6. The van der Waals surface area contributed by atoms with Gasteiger partial charge in [0, 0.05) is 31.3 Å². The molecule has 0 unspecified atom stereocenters. The molecule has 4 rings (SSSR count). The van der Waals surface area contributed by atoms with Gasteiger partial charge in [0.15, 0.2) is 0 Å². The summed E-state index contributed by atoms with van der Waals surface area (Å²) in [6.45, 7) is 2.56. The van der Waals surface area contributed by atoms with E-state index < -0.39 is 10.0 Å². The fraction of sp³-hybridized carbons (Fsp3) is 0.280. The summed E-state index contributed by atoms with van der Waals surface area (Å²) in [5.41, 5.74) is 4.36. The van der Waals surface area contributed by atoms with Crippen LogP contribution in [0.5, 0.6) is 0 Å². The topological polar surface area (TPSA) is 123 Å². The third-order valence-corrected chi connectivity index (χ3v) is 6.81. The summed E-state index contributed by atoms with van der Waals surface area (Å²) in [5, 5.41) is 18.6. The van der Waals surface area contributed by atoms with Crippen LogP contribution >= 0.6 is 0 Å². The fourth-order valence-electron chi connectivity index (χ4n) is 3.95. The lowest BCUT2D eigenvalue weighted by molar-refractivity contribution is 0.122. The zero-order valence-corrected chi connectivity index (χ0v) is 20.1. The Balaban J connectivity index is 1.54. The minimum atomic E-state index is -3.56. The van der Waals surface area contributed by atoms with Gasteiger partial charge < -0.3 is 9.64 Å². The number of rotatable bonds is 7. The van der Waals surface area contributed by atoms with Gasteiger partial charge in [-0.25, -0.2) is 18.4 Å². The molecule has 0 radical (unpaired) electrons. The smallest absolute Gasteiger partial charge is 0.233 e. The monoisotopic (exact) mass is 488 g/mol. The van der Waals surface area contributed by atoms with Gasteiger partial charge in [-0.1, -0.05) is 18.2 Å². The van der Waals surface area contributed by atoms with Gasteiger partial charge in [0.25, 0.3) is 0 Å². The summed E-state index contributed by atoms with van der Waals surface area (Å²) < 4.78 is 30.4. The number of morpholine rings is 1. The summed E-state index contributed by atoms with van der Waals surface area (Å²) in [4.78, 5) is 11.2. The Labute approximate surface area is 204 Å². The number of anilines is 2. The van der Waals surface area contributed by atoms with Crippen molar-refractivity contribution in [2.24, 2.45) is 0 Å². The molecule has 1 aromatic heterocycles. The maximum atomic E-state index is 12.0. The second-order valence-electron chi connectivity index (χ2n) is 8.07. The van der Waals surface area contributed by atoms with E-state index in [1.54, 1.807) is 36.5 Å². The number of nitrogens with zero attached hydrogens (tertiary/aromatic N) is 6. The molecule has 178 valence electrons. The first kappa shape index (κ1) is 24.1. The van der Waals surface area contributed by atoms with E-state index in [1.807, 2.05) is 24.3 Å². The van der Waals surface area contributed by atoms with Gasteiger partial charge in [-0.05, 0) is 35.9 Å². The van der Waals surface area contributed by atoms with Crippen molar-refractivity contribution in [3.05, 3.63) is 71.7 Å². The molecule has 0 spiro atoms. The van der Waals surface area contributed by atoms with Crippen LogP contribution in [0.15, 0.2) is 54.7 Å². The van der Waals surface area contributed by atoms with Gasteiger partial charge in [-0.15, -0.1) is 0 Å². The van der Waals surface area contributed by atoms with Crippen LogP contribution in [0.1, 0.15) is 17.0 Å². The van der Waals surface area contributed by atoms with Crippen molar-refractivity contribution in [3.8, 4) is 23.4 Å². The first-order valence-electron chi connectivity index (χ1n) is 11.0. The average molecular weight is 489 g/mol. The number of hydrogen-bond acceptors (Lipinski definition) is 8. The lowest BCUT2D eigenvalue weighted by Crippen LogP contribution is -2.36. The van der Waals surface area contributed by atoms with Gasteiger partial charge in [-0.2, -0.15) is 10.5 Å². The van der Waals surface area contributed by atoms with Crippen LogP contribution in [-0.2, 0) is 21.2 Å². The maximum absolute atomic E-state index is 12.0. The fourth-order valence-corrected chi connectivity index (χ4v) is 4.75. The van der Waals surface area contributed by atoms with E-state index in [9.17, 15) is 13.7 Å². The van der Waals surface area contributed by atoms with E-state index in [0.29, 0.717) is 42.4 Å². The predicted octanol–water partition coefficient (Wildman–Crippen LogP) is 2.73. The van der Waals surface area contributed by atoms with Crippen LogP contribution in [0, 0.1) is 22.7 Å². The highest BCUT2D eigenvalue weighted by Crippen LogP contribution is 2.25. The largest absolute Gasteiger partial charge is 0.378 e. The Morgan fingerprint density at radius 1 is 1.09 bits per heavy atom. The lowest BCUT2D eigenvalue weighted by Gasteiger charge is -2.29. The number of hydrogen-bond donors (Lipinski definition) is 0. The van der Waals surface area contributed by atoms with Crippen molar-refractivity contribution >= 4 is 21.4 Å². The molecule has 0 atom stereocenters. The molecule has 1 fully saturated rings. The molecule has 0 N–H and O–H groups in total. The second kappa shape index (κ2) is 10.5. The van der Waals surface area contributed by atoms with Crippen molar-refractivity contribution < 1.29 is 13.2 Å². The number of sulfonamides is 1. The quantitative estimate of drug-likeness (QED) is 0.465. The Morgan fingerprint density at radius 2 is 1.83 bits per heavy atom. The van der Waals surface area contributed by atoms with Crippen LogP contribution in [0.4, 0.5) is 11.4 Å². The molecule has 1 aliphatic heterocycles. The highest BCUT2D eigenvalue weighted by Gasteiger charge is 2.18. The van der Waals surface area contributed by atoms with Crippen molar-refractivity contribution in [2.45, 2.75) is 6.42 Å². The van der Waals surface area contributed by atoms with Crippen LogP contribution < -0.4 is 9.21 Å². The minimum absolute atomic E-state index is 0.259. The summed E-state index contributed by atoms with van der Waals surface area (Å²) >= 11 is 0. The van der Waals surface area contributed by atoms with E-state index in [4.69, 9.17) is 10.00 Å². The molecule has 0 amide bonds. The highest BCUT2D eigenvalue weighted by molar-refractivity contribution is 7.92. The Hall–Kier alpha value is -3.99. The van der Waals surface area contributed by atoms with Gasteiger partial charge in [0.2, 0.25) is 10.0 Å². The van der Waals surface area contributed by atoms with Gasteiger partial charge in [0.1, 0.15) is 18.4 Å². The first-order chi connectivity index (χ1) is 16.9. The van der Waals surface area contributed by atoms with Crippen LogP contribution in [0.2, 0.25) is 0 Å². The molecule has 1 saturated heterocycles. The molecule has 35 heavy (non-hydrogen) atoms. The number of aromatic nitrogens is 2. The maximum Gasteiger partial charge on any atom is 0.233 e. The molecule has 9 nitrogen and oxygen atoms in total. The average Bonchev–Trinajstić information content (AvgIpc) is 2.87. The van der Waals surface area contributed by atoms with Gasteiger partial charge in [0.05, 0.1) is 48.2 Å². The summed E-state index contributed by atoms with van der Waals surface area (Å²) in [5.74, 6) is 0.608. The summed E-state index contributed by atoms with van der Waals surface area (Å²) in [7, 11) is -3.56. The molecule has 3 aromatic rings. The third kappa shape index (κ3) is 5.75. The first-order valence-corrected chi connectivity index (χ1v) is 12.9. The van der Waals surface area contributed by atoms with E-state index >= 15 is 0 Å². The molecule has 2 aromatic carbocycles. The summed E-state index contributed by atoms with van der Waals surface area (Å²) in [6.07, 6.45) is 3.21. The number of benzene rings is 2. The Bertz CT molecular complexity index is 1390. The van der Waals surface area contributed by atoms with Gasteiger partial charge in [-0.3, -0.25) is 4.31 Å². The standard InChI is InChI=1S/C25H24N6O3S/c1-35(32,33)31(11-9-26)22-5-3-20(4-6-22)23-8-10-28-25(29-23)17-19-2-7-24(21(16-19)18-27)30-12-14-34-15-13-30/h2-8,10,16H,11-15,17H2,1H3. The van der Waals surface area contributed by atoms with E-state index in [1.165, 1.54) is 0 Å². The molecular formula is C25H24N6O3S. The zero-order valence-electron chi connectivity index (χ0n) is 19.3. The van der Waals surface area contributed by atoms with E-state index in [-0.39, 0.29) is 6.54 Å². The number of nitriles is 2. The van der Waals surface area contributed by atoms with Crippen LogP contribution in [0.3, 0.4) is 0 Å². The molecule has 0 saturated carbocycles. The van der Waals surface area contributed by atoms with Crippen LogP contribution in [0.25, 0.3) is 11.3 Å². The summed E-state index contributed by atoms with van der Waals surface area (Å²) in [6, 6.07) is 18.6. The van der Waals surface area contributed by atoms with Crippen molar-refractivity contribution in [2.75, 3.05) is 48.3 Å². The zero-order chi connectivity index (χ0) is 24.8. The minimum Gasteiger partial charge on any atom is -0.378 e. The van der Waals surface area contributed by atoms with E-state index in [2.05, 4.69) is 20.9 Å². The highest BCUT2D eigenvalue weighted by atomic mass is 32.2. The molecule has 1 aliphatic rings. The predicted molar refractivity (Wildman–Crippen MR) is 132 cm³/mol. The Morgan fingerprint density at radius 3 is 2.49 bits per heavy atom. The van der Waals surface area contributed by atoms with Crippen molar-refractivity contribution in [3.63, 3.8) is 0 Å².